The summed E-state index contributed by atoms with van der Waals surface area (Å²) in [7, 11) is -4.44. The van der Waals surface area contributed by atoms with Crippen molar-refractivity contribution in [1.29, 1.82) is 0 Å². The van der Waals surface area contributed by atoms with Crippen molar-refractivity contribution in [3.05, 3.63) is 42.0 Å². The Bertz CT molecular complexity index is 849. The monoisotopic (exact) mass is 470 g/mol. The second-order valence-corrected chi connectivity index (χ2v) is 9.91. The van der Waals surface area contributed by atoms with Gasteiger partial charge in [0.25, 0.3) is 0 Å². The van der Waals surface area contributed by atoms with E-state index in [-0.39, 0.29) is 56.3 Å². The molecule has 5 heteroatoms. The van der Waals surface area contributed by atoms with E-state index in [9.17, 15) is 13.0 Å². The third-order valence-electron chi connectivity index (χ3n) is 6.05. The third kappa shape index (κ3) is 11.3. The summed E-state index contributed by atoms with van der Waals surface area (Å²) in [5.41, 5.74) is 0.696. The average Bonchev–Trinajstić information content (AvgIpc) is 2.73. The molecule has 0 saturated heterocycles. The molecule has 0 aliphatic heterocycles. The zero-order valence-electron chi connectivity index (χ0n) is 19.7. The molecular formula is C26H39KO3S. The fourth-order valence-electron chi connectivity index (χ4n) is 4.30. The maximum atomic E-state index is 11.7. The predicted molar refractivity (Wildman–Crippen MR) is 126 cm³/mol. The smallest absolute Gasteiger partial charge is 0.744 e. The van der Waals surface area contributed by atoms with E-state index in [1.807, 2.05) is 24.3 Å². The summed E-state index contributed by atoms with van der Waals surface area (Å²) in [6.07, 6.45) is 18.7. The molecule has 0 fully saturated rings. The van der Waals surface area contributed by atoms with Gasteiger partial charge in [0.15, 0.2) is 0 Å². The van der Waals surface area contributed by atoms with Crippen molar-refractivity contribution in [2.75, 3.05) is 0 Å². The normalized spacial score (nSPS) is 11.5. The van der Waals surface area contributed by atoms with E-state index < -0.39 is 10.1 Å². The largest absolute Gasteiger partial charge is 1.00 e. The van der Waals surface area contributed by atoms with Gasteiger partial charge in [-0.1, -0.05) is 121 Å². The van der Waals surface area contributed by atoms with Crippen molar-refractivity contribution < 1.29 is 64.4 Å². The van der Waals surface area contributed by atoms with Gasteiger partial charge in [0, 0.05) is 0 Å². The molecule has 0 saturated carbocycles. The van der Waals surface area contributed by atoms with Crippen LogP contribution >= 0.6 is 0 Å². The topological polar surface area (TPSA) is 57.2 Å². The van der Waals surface area contributed by atoms with Crippen molar-refractivity contribution in [2.24, 2.45) is 0 Å². The first-order chi connectivity index (χ1) is 14.5. The van der Waals surface area contributed by atoms with Gasteiger partial charge in [-0.25, -0.2) is 8.42 Å². The molecule has 0 atom stereocenters. The van der Waals surface area contributed by atoms with E-state index in [0.717, 1.165) is 23.6 Å². The molecule has 0 heterocycles. The SMILES string of the molecule is CCCCCCCCCCCCCCCCc1c(S(=O)(=O)[O-])ccc2ccccc12.[K+]. The van der Waals surface area contributed by atoms with Crippen LogP contribution in [0.1, 0.15) is 102 Å². The van der Waals surface area contributed by atoms with Crippen LogP contribution in [-0.2, 0) is 16.5 Å². The molecule has 2 aromatic rings. The minimum atomic E-state index is -4.44. The number of fused-ring (bicyclic) bond motifs is 1. The zero-order chi connectivity index (χ0) is 21.7. The fourth-order valence-corrected chi connectivity index (χ4v) is 5.05. The molecule has 0 spiro atoms. The Morgan fingerprint density at radius 3 is 1.68 bits per heavy atom. The van der Waals surface area contributed by atoms with E-state index in [1.165, 1.54) is 83.1 Å². The molecular weight excluding hydrogens is 431 g/mol. The van der Waals surface area contributed by atoms with Gasteiger partial charge in [0.05, 0.1) is 4.90 Å². The van der Waals surface area contributed by atoms with Crippen molar-refractivity contribution >= 4 is 20.9 Å². The molecule has 2 rings (SSSR count). The Kier molecular flexibility index (Phi) is 15.9. The quantitative estimate of drug-likeness (QED) is 0.202. The van der Waals surface area contributed by atoms with Crippen molar-refractivity contribution in [2.45, 2.75) is 108 Å². The van der Waals surface area contributed by atoms with Crippen molar-refractivity contribution in [1.82, 2.24) is 0 Å². The number of benzene rings is 2. The molecule has 2 aromatic carbocycles. The van der Waals surface area contributed by atoms with E-state index in [1.54, 1.807) is 6.07 Å². The second kappa shape index (κ2) is 16.8. The molecule has 168 valence electrons. The standard InChI is InChI=1S/C26H40O3S.K/c1-2-3-4-5-6-7-8-9-10-11-12-13-14-15-20-25-24-19-17-16-18-23(24)21-22-26(25)30(27,28)29;/h16-19,21-22H,2-15,20H2,1H3,(H,27,28,29);/q;+1/p-1. The first-order valence-corrected chi connectivity index (χ1v) is 13.4. The molecule has 31 heavy (non-hydrogen) atoms. The number of rotatable bonds is 16. The van der Waals surface area contributed by atoms with Gasteiger partial charge < -0.3 is 4.55 Å². The van der Waals surface area contributed by atoms with E-state index in [4.69, 9.17) is 0 Å². The van der Waals surface area contributed by atoms with Crippen LogP contribution in [0, 0.1) is 0 Å². The van der Waals surface area contributed by atoms with Crippen molar-refractivity contribution in [3.63, 3.8) is 0 Å². The van der Waals surface area contributed by atoms with Crippen LogP contribution in [0.15, 0.2) is 41.3 Å². The number of hydrogen-bond donors (Lipinski definition) is 0. The molecule has 0 aliphatic rings. The van der Waals surface area contributed by atoms with Crippen LogP contribution in [0.4, 0.5) is 0 Å². The molecule has 0 amide bonds. The summed E-state index contributed by atoms with van der Waals surface area (Å²) in [4.78, 5) is -0.0455. The average molecular weight is 471 g/mol. The van der Waals surface area contributed by atoms with Crippen molar-refractivity contribution in [3.8, 4) is 0 Å². The zero-order valence-corrected chi connectivity index (χ0v) is 23.6. The molecule has 0 unspecified atom stereocenters. The molecule has 0 aromatic heterocycles. The molecule has 0 aliphatic carbocycles. The van der Waals surface area contributed by atoms with E-state index in [2.05, 4.69) is 6.92 Å². The van der Waals surface area contributed by atoms with Crippen LogP contribution in [0.2, 0.25) is 0 Å². The molecule has 0 radical (unpaired) electrons. The number of hydrogen-bond acceptors (Lipinski definition) is 3. The van der Waals surface area contributed by atoms with Crippen LogP contribution < -0.4 is 51.4 Å². The van der Waals surface area contributed by atoms with E-state index >= 15 is 0 Å². The van der Waals surface area contributed by atoms with Gasteiger partial charge in [-0.05, 0) is 35.2 Å². The Balaban J connectivity index is 0.00000480. The summed E-state index contributed by atoms with van der Waals surface area (Å²) in [6.45, 7) is 2.26. The van der Waals surface area contributed by atoms with Gasteiger partial charge in [0.2, 0.25) is 0 Å². The minimum absolute atomic E-state index is 0. The van der Waals surface area contributed by atoms with Crippen LogP contribution in [0.25, 0.3) is 10.8 Å². The summed E-state index contributed by atoms with van der Waals surface area (Å²) >= 11 is 0. The Labute approximate surface area is 233 Å². The van der Waals surface area contributed by atoms with Crippen LogP contribution in [-0.4, -0.2) is 13.0 Å². The first-order valence-electron chi connectivity index (χ1n) is 12.0. The van der Waals surface area contributed by atoms with Gasteiger partial charge in [0.1, 0.15) is 10.1 Å². The number of aryl methyl sites for hydroxylation is 1. The first kappa shape index (κ1) is 29.3. The van der Waals surface area contributed by atoms with Gasteiger partial charge >= 0.3 is 51.4 Å². The van der Waals surface area contributed by atoms with Crippen LogP contribution in [0.3, 0.4) is 0 Å². The second-order valence-electron chi connectivity index (χ2n) is 8.56. The third-order valence-corrected chi connectivity index (χ3v) is 6.97. The minimum Gasteiger partial charge on any atom is -0.744 e. The van der Waals surface area contributed by atoms with Gasteiger partial charge in [-0.2, -0.15) is 0 Å². The summed E-state index contributed by atoms with van der Waals surface area (Å²) in [6, 6.07) is 10.9. The summed E-state index contributed by atoms with van der Waals surface area (Å²) < 4.78 is 35.1. The maximum Gasteiger partial charge on any atom is 1.00 e. The van der Waals surface area contributed by atoms with Crippen LogP contribution in [0.5, 0.6) is 0 Å². The maximum absolute atomic E-state index is 11.7. The Morgan fingerprint density at radius 1 is 0.677 bits per heavy atom. The van der Waals surface area contributed by atoms with E-state index in [0.29, 0.717) is 12.0 Å². The predicted octanol–water partition coefficient (Wildman–Crippen LogP) is 4.77. The fraction of sp³-hybridized carbons (Fsp3) is 0.615. The number of unbranched alkanes of at least 4 members (excludes halogenated alkanes) is 13. The Morgan fingerprint density at radius 2 is 1.16 bits per heavy atom. The molecule has 3 nitrogen and oxygen atoms in total. The summed E-state index contributed by atoms with van der Waals surface area (Å²) in [5.74, 6) is 0. The Hall–Kier alpha value is 0.246. The summed E-state index contributed by atoms with van der Waals surface area (Å²) in [5, 5.41) is 1.88. The molecule has 0 N–H and O–H groups in total. The van der Waals surface area contributed by atoms with Gasteiger partial charge in [-0.3, -0.25) is 0 Å². The molecule has 0 bridgehead atoms. The van der Waals surface area contributed by atoms with Gasteiger partial charge in [-0.15, -0.1) is 0 Å².